The quantitative estimate of drug-likeness (QED) is 0.0563. The zero-order valence-corrected chi connectivity index (χ0v) is 48.2. The fraction of sp³-hybridized carbons (Fsp3) is 0.318. The van der Waals surface area contributed by atoms with E-state index in [2.05, 4.69) is 46.5 Å². The summed E-state index contributed by atoms with van der Waals surface area (Å²) in [7, 11) is 5.00. The number of H-pyrrole nitrogens is 3. The molecule has 3 heterocycles. The number of hydrogen-bond acceptors (Lipinski definition) is 12. The number of nitrogens with zero attached hydrogens (tertiary/aromatic N) is 3. The number of methoxy groups -OCH3 is 3. The highest BCUT2D eigenvalue weighted by molar-refractivity contribution is 5.96. The SMILES string of the molecule is COC1CC(NC(=O)c2cc(Cc3n[nH]c(=O)c4ccccc34)ccc2F)C1.COC1CCC(NC(=O)c2cc(Cc3n[nH]c(=O)c4ccccc34)ccc2F)C1.COC1CCC(NC(=O)c2cc(Cc3n[nH]c(=O)c4ccccc34)ccc2F)CC1. The third-order valence-corrected chi connectivity index (χ3v) is 16.4. The van der Waals surface area contributed by atoms with Crippen LogP contribution in [0.15, 0.2) is 142 Å². The first-order chi connectivity index (χ1) is 42.1. The van der Waals surface area contributed by atoms with Crippen LogP contribution in [0.25, 0.3) is 32.3 Å². The van der Waals surface area contributed by atoms with Gasteiger partial charge in [0.15, 0.2) is 0 Å². The summed E-state index contributed by atoms with van der Waals surface area (Å²) >= 11 is 0. The number of carbonyl (C=O) groups is 3. The number of benzene rings is 6. The Labute approximate surface area is 497 Å². The Morgan fingerprint density at radius 1 is 0.414 bits per heavy atom. The fourth-order valence-electron chi connectivity index (χ4n) is 11.5. The van der Waals surface area contributed by atoms with Crippen molar-refractivity contribution in [2.45, 2.75) is 113 Å². The van der Waals surface area contributed by atoms with E-state index in [1.165, 1.54) is 18.2 Å². The molecule has 0 saturated heterocycles. The van der Waals surface area contributed by atoms with Gasteiger partial charge in [0, 0.05) is 74.9 Å². The molecule has 2 atom stereocenters. The lowest BCUT2D eigenvalue weighted by Gasteiger charge is -2.34. The van der Waals surface area contributed by atoms with Gasteiger partial charge in [-0.2, -0.15) is 15.3 Å². The van der Waals surface area contributed by atoms with Gasteiger partial charge in [0.1, 0.15) is 17.5 Å². The number of rotatable bonds is 15. The zero-order chi connectivity index (χ0) is 61.1. The molecule has 6 aromatic carbocycles. The number of ether oxygens (including phenoxy) is 3. The van der Waals surface area contributed by atoms with E-state index in [0.29, 0.717) is 52.5 Å². The summed E-state index contributed by atoms with van der Waals surface area (Å²) in [5.74, 6) is -2.95. The van der Waals surface area contributed by atoms with E-state index in [9.17, 15) is 41.9 Å². The van der Waals surface area contributed by atoms with E-state index in [1.807, 2.05) is 36.4 Å². The van der Waals surface area contributed by atoms with Crippen LogP contribution in [0.3, 0.4) is 0 Å². The summed E-state index contributed by atoms with van der Waals surface area (Å²) in [6, 6.07) is 35.0. The highest BCUT2D eigenvalue weighted by atomic mass is 19.1. The molecule has 3 aliphatic carbocycles. The van der Waals surface area contributed by atoms with Crippen LogP contribution in [0, 0.1) is 17.5 Å². The average Bonchev–Trinajstić information content (AvgIpc) is 2.64. The molecule has 3 saturated carbocycles. The lowest BCUT2D eigenvalue weighted by atomic mass is 9.89. The number of fused-ring (bicyclic) bond motifs is 3. The van der Waals surface area contributed by atoms with Gasteiger partial charge in [-0.15, -0.1) is 0 Å². The average molecular weight is 1190 g/mol. The molecule has 3 fully saturated rings. The highest BCUT2D eigenvalue weighted by Crippen LogP contribution is 2.27. The number of halogens is 3. The minimum Gasteiger partial charge on any atom is -0.381 e. The smallest absolute Gasteiger partial charge is 0.272 e. The number of nitrogens with one attached hydrogen (secondary N) is 6. The largest absolute Gasteiger partial charge is 0.381 e. The van der Waals surface area contributed by atoms with Crippen molar-refractivity contribution >= 4 is 50.0 Å². The summed E-state index contributed by atoms with van der Waals surface area (Å²) in [4.78, 5) is 73.6. The van der Waals surface area contributed by atoms with Crippen LogP contribution in [-0.2, 0) is 33.5 Å². The lowest BCUT2D eigenvalue weighted by molar-refractivity contribution is 0.0175. The number of amides is 3. The third kappa shape index (κ3) is 14.7. The zero-order valence-electron chi connectivity index (χ0n) is 48.2. The summed E-state index contributed by atoms with van der Waals surface area (Å²) in [5, 5.41) is 32.5. The Morgan fingerprint density at radius 3 is 1.08 bits per heavy atom. The van der Waals surface area contributed by atoms with E-state index in [0.717, 1.165) is 90.6 Å². The monoisotopic (exact) mass is 1190 g/mol. The van der Waals surface area contributed by atoms with Gasteiger partial charge in [-0.3, -0.25) is 28.8 Å². The molecule has 3 aromatic heterocycles. The molecular formula is C66H66F3N9O9. The topological polar surface area (TPSA) is 252 Å². The Balaban J connectivity index is 0.000000145. The second kappa shape index (κ2) is 27.9. The first-order valence-corrected chi connectivity index (χ1v) is 28.9. The molecule has 87 heavy (non-hydrogen) atoms. The van der Waals surface area contributed by atoms with E-state index in [1.54, 1.807) is 94.1 Å². The maximum Gasteiger partial charge on any atom is 0.272 e. The first kappa shape index (κ1) is 60.9. The third-order valence-electron chi connectivity index (χ3n) is 16.4. The van der Waals surface area contributed by atoms with E-state index in [4.69, 9.17) is 14.2 Å². The summed E-state index contributed by atoms with van der Waals surface area (Å²) in [5.41, 5.74) is 3.49. The molecule has 3 aliphatic rings. The minimum atomic E-state index is -0.567. The molecule has 450 valence electrons. The van der Waals surface area contributed by atoms with E-state index < -0.39 is 35.2 Å². The molecule has 0 aliphatic heterocycles. The van der Waals surface area contributed by atoms with Crippen molar-refractivity contribution in [3.8, 4) is 0 Å². The number of carbonyl (C=O) groups excluding carboxylic acids is 3. The summed E-state index contributed by atoms with van der Waals surface area (Å²) in [6.45, 7) is 0. The van der Waals surface area contributed by atoms with Gasteiger partial charge in [-0.05, 0) is 129 Å². The Morgan fingerprint density at radius 2 is 0.724 bits per heavy atom. The molecule has 6 N–H and O–H groups in total. The molecule has 18 nitrogen and oxygen atoms in total. The second-order valence-electron chi connectivity index (χ2n) is 22.1. The van der Waals surface area contributed by atoms with Crippen LogP contribution >= 0.6 is 0 Å². The molecule has 9 aromatic rings. The van der Waals surface area contributed by atoms with Crippen LogP contribution in [0.2, 0.25) is 0 Å². The predicted octanol–water partition coefficient (Wildman–Crippen LogP) is 8.85. The Hall–Kier alpha value is -9.18. The summed E-state index contributed by atoms with van der Waals surface area (Å²) < 4.78 is 58.8. The standard InChI is InChI=1S/C23H24FN3O3.C22H22FN3O3.C21H20FN3O3/c1-30-16-9-7-15(8-10-16)25-22(28)19-12-14(6-11-20(19)24)13-21-17-4-2-3-5-18(17)23(29)27-26-21;1-29-15-8-7-14(12-15)24-21(27)18-10-13(6-9-19(18)23)11-20-16-4-2-3-5-17(16)22(28)26-25-20;1-28-14-10-13(11-14)23-20(26)17-8-12(6-7-18(17)22)9-19-15-4-2-3-5-16(15)21(27)25-24-19/h2-6,11-12,15-16H,7-10,13H2,1H3,(H,25,28)(H,27,29);2-6,9-10,14-15H,7-8,11-12H2,1H3,(H,24,27)(H,26,28);2-8,13-14H,9-11H2,1H3,(H,23,26)(H,25,27). The van der Waals surface area contributed by atoms with Crippen LogP contribution in [-0.4, -0.2) is 106 Å². The van der Waals surface area contributed by atoms with Crippen LogP contribution in [0.4, 0.5) is 13.2 Å². The minimum absolute atomic E-state index is 0.00492. The second-order valence-corrected chi connectivity index (χ2v) is 22.1. The Kier molecular flexibility index (Phi) is 19.5. The molecule has 21 heteroatoms. The van der Waals surface area contributed by atoms with Crippen LogP contribution in [0.1, 0.15) is 123 Å². The van der Waals surface area contributed by atoms with Gasteiger partial charge < -0.3 is 30.2 Å². The lowest BCUT2D eigenvalue weighted by Crippen LogP contribution is -2.47. The number of aromatic nitrogens is 6. The van der Waals surface area contributed by atoms with Crippen molar-refractivity contribution in [1.29, 1.82) is 0 Å². The van der Waals surface area contributed by atoms with Crippen molar-refractivity contribution in [2.24, 2.45) is 0 Å². The van der Waals surface area contributed by atoms with Gasteiger partial charge in [0.2, 0.25) is 0 Å². The molecule has 12 rings (SSSR count). The van der Waals surface area contributed by atoms with Gasteiger partial charge in [0.05, 0.1) is 68.2 Å². The normalized spacial score (nSPS) is 18.8. The van der Waals surface area contributed by atoms with Crippen molar-refractivity contribution in [1.82, 2.24) is 46.5 Å². The highest BCUT2D eigenvalue weighted by Gasteiger charge is 2.32. The van der Waals surface area contributed by atoms with E-state index >= 15 is 0 Å². The fourth-order valence-corrected chi connectivity index (χ4v) is 11.5. The molecule has 0 spiro atoms. The van der Waals surface area contributed by atoms with Crippen molar-refractivity contribution in [3.05, 3.63) is 226 Å². The molecule has 0 bridgehead atoms. The Bertz CT molecular complexity index is 4160. The molecule has 0 radical (unpaired) electrons. The van der Waals surface area contributed by atoms with Crippen LogP contribution in [0.5, 0.6) is 0 Å². The molecular weight excluding hydrogens is 1120 g/mol. The molecule has 2 unspecified atom stereocenters. The summed E-state index contributed by atoms with van der Waals surface area (Å²) in [6.07, 6.45) is 8.94. The molecule has 3 amide bonds. The predicted molar refractivity (Wildman–Crippen MR) is 322 cm³/mol. The first-order valence-electron chi connectivity index (χ1n) is 28.9. The van der Waals surface area contributed by atoms with Crippen molar-refractivity contribution in [2.75, 3.05) is 21.3 Å². The van der Waals surface area contributed by atoms with Crippen molar-refractivity contribution < 1.29 is 41.8 Å². The van der Waals surface area contributed by atoms with E-state index in [-0.39, 0.29) is 69.8 Å². The van der Waals surface area contributed by atoms with Gasteiger partial charge in [-0.1, -0.05) is 72.8 Å². The van der Waals surface area contributed by atoms with Gasteiger partial charge in [-0.25, -0.2) is 28.5 Å². The maximum absolute atomic E-state index is 14.4. The maximum atomic E-state index is 14.4. The number of hydrogen-bond donors (Lipinski definition) is 6. The van der Waals surface area contributed by atoms with Crippen molar-refractivity contribution in [3.63, 3.8) is 0 Å². The van der Waals surface area contributed by atoms with Crippen LogP contribution < -0.4 is 32.6 Å². The van der Waals surface area contributed by atoms with Gasteiger partial charge >= 0.3 is 0 Å². The number of aromatic amines is 3. The van der Waals surface area contributed by atoms with Gasteiger partial charge in [0.25, 0.3) is 34.4 Å².